The van der Waals surface area contributed by atoms with Crippen molar-refractivity contribution in [2.75, 3.05) is 13.1 Å². The van der Waals surface area contributed by atoms with Crippen molar-refractivity contribution < 1.29 is 13.9 Å². The number of carbonyl (C=O) groups excluding carboxylic acids is 1. The Morgan fingerprint density at radius 3 is 2.75 bits per heavy atom. The van der Waals surface area contributed by atoms with E-state index in [1.807, 2.05) is 0 Å². The summed E-state index contributed by atoms with van der Waals surface area (Å²) >= 11 is 0. The minimum absolute atomic E-state index is 0.113. The first kappa shape index (κ1) is 14.3. The minimum Gasteiger partial charge on any atom is -0.479 e. The van der Waals surface area contributed by atoms with Gasteiger partial charge in [0.25, 0.3) is 5.91 Å². The maximum absolute atomic E-state index is 13.5. The number of amides is 1. The quantitative estimate of drug-likeness (QED) is 0.852. The molecule has 0 spiro atoms. The number of halogens is 1. The Hall–Kier alpha value is -2.09. The Labute approximate surface area is 117 Å². The van der Waals surface area contributed by atoms with Gasteiger partial charge in [-0.3, -0.25) is 4.79 Å². The highest BCUT2D eigenvalue weighted by Gasteiger charge is 2.24. The zero-order chi connectivity index (χ0) is 14.5. The van der Waals surface area contributed by atoms with E-state index in [-0.39, 0.29) is 17.2 Å². The van der Waals surface area contributed by atoms with Crippen LogP contribution in [0.25, 0.3) is 0 Å². The number of benzene rings is 1. The third kappa shape index (κ3) is 3.08. The molecule has 1 aromatic rings. The number of carbonyl (C=O) groups is 1. The van der Waals surface area contributed by atoms with Crippen LogP contribution in [0.1, 0.15) is 31.7 Å². The van der Waals surface area contributed by atoms with E-state index < -0.39 is 11.9 Å². The number of hydrogen-bond donors (Lipinski definition) is 0. The molecule has 1 aliphatic rings. The molecular weight excluding hydrogens is 259 g/mol. The monoisotopic (exact) mass is 276 g/mol. The maximum Gasteiger partial charge on any atom is 0.263 e. The van der Waals surface area contributed by atoms with Gasteiger partial charge in [0.15, 0.2) is 6.10 Å². The van der Waals surface area contributed by atoms with Crippen molar-refractivity contribution in [3.8, 4) is 11.8 Å². The average Bonchev–Trinajstić information content (AvgIpc) is 2.47. The molecule has 1 aliphatic heterocycles. The lowest BCUT2D eigenvalue weighted by Gasteiger charge is -2.29. The molecule has 0 N–H and O–H groups in total. The van der Waals surface area contributed by atoms with Gasteiger partial charge >= 0.3 is 0 Å². The molecule has 20 heavy (non-hydrogen) atoms. The highest BCUT2D eigenvalue weighted by atomic mass is 19.1. The van der Waals surface area contributed by atoms with Gasteiger partial charge < -0.3 is 9.64 Å². The van der Waals surface area contributed by atoms with Crippen molar-refractivity contribution in [1.82, 2.24) is 4.90 Å². The third-order valence-corrected chi connectivity index (χ3v) is 3.41. The minimum atomic E-state index is -0.720. The molecule has 1 fully saturated rings. The molecule has 1 saturated heterocycles. The zero-order valence-electron chi connectivity index (χ0n) is 11.4. The molecule has 5 heteroatoms. The van der Waals surface area contributed by atoms with Crippen molar-refractivity contribution in [3.63, 3.8) is 0 Å². The van der Waals surface area contributed by atoms with Crippen LogP contribution in [-0.2, 0) is 4.79 Å². The lowest BCUT2D eigenvalue weighted by molar-refractivity contribution is -0.138. The molecule has 1 unspecified atom stereocenters. The van der Waals surface area contributed by atoms with Crippen LogP contribution in [0.5, 0.6) is 5.75 Å². The van der Waals surface area contributed by atoms with Gasteiger partial charge in [-0.05, 0) is 38.3 Å². The second kappa shape index (κ2) is 6.38. The van der Waals surface area contributed by atoms with Gasteiger partial charge in [-0.15, -0.1) is 0 Å². The van der Waals surface area contributed by atoms with Crippen molar-refractivity contribution in [3.05, 3.63) is 29.6 Å². The van der Waals surface area contributed by atoms with Crippen LogP contribution < -0.4 is 4.74 Å². The molecular formula is C15H17FN2O2. The Balaban J connectivity index is 2.08. The summed E-state index contributed by atoms with van der Waals surface area (Å²) in [7, 11) is 0. The second-order valence-corrected chi connectivity index (χ2v) is 4.87. The number of nitrogens with zero attached hydrogens (tertiary/aromatic N) is 2. The molecule has 2 rings (SSSR count). The largest absolute Gasteiger partial charge is 0.479 e. The SMILES string of the molecule is CC(Oc1cccc(F)c1C#N)C(=O)N1CCCCC1. The van der Waals surface area contributed by atoms with Crippen molar-refractivity contribution >= 4 is 5.91 Å². The first-order valence-corrected chi connectivity index (χ1v) is 6.77. The van der Waals surface area contributed by atoms with Crippen molar-refractivity contribution in [2.24, 2.45) is 0 Å². The Kier molecular flexibility index (Phi) is 4.57. The molecule has 106 valence electrons. The molecule has 0 radical (unpaired) electrons. The van der Waals surface area contributed by atoms with E-state index in [2.05, 4.69) is 0 Å². The molecule has 1 atom stereocenters. The normalized spacial score (nSPS) is 16.4. The molecule has 0 bridgehead atoms. The van der Waals surface area contributed by atoms with Gasteiger partial charge in [0.05, 0.1) is 0 Å². The van der Waals surface area contributed by atoms with Crippen LogP contribution in [0, 0.1) is 17.1 Å². The molecule has 0 saturated carbocycles. The summed E-state index contributed by atoms with van der Waals surface area (Å²) in [5, 5.41) is 8.93. The number of nitriles is 1. The summed E-state index contributed by atoms with van der Waals surface area (Å²) in [6.45, 7) is 3.10. The Morgan fingerprint density at radius 2 is 2.10 bits per heavy atom. The van der Waals surface area contributed by atoms with E-state index in [4.69, 9.17) is 10.00 Å². The number of piperidine rings is 1. The smallest absolute Gasteiger partial charge is 0.263 e. The average molecular weight is 276 g/mol. The number of rotatable bonds is 3. The van der Waals surface area contributed by atoms with Gasteiger partial charge in [0, 0.05) is 13.1 Å². The van der Waals surface area contributed by atoms with Crippen molar-refractivity contribution in [1.29, 1.82) is 5.26 Å². The molecule has 0 aromatic heterocycles. The zero-order valence-corrected chi connectivity index (χ0v) is 11.4. The fraction of sp³-hybridized carbons (Fsp3) is 0.467. The first-order chi connectivity index (χ1) is 9.63. The van der Waals surface area contributed by atoms with Crippen LogP contribution in [0.3, 0.4) is 0 Å². The van der Waals surface area contributed by atoms with E-state index in [1.165, 1.54) is 18.2 Å². The van der Waals surface area contributed by atoms with Gasteiger partial charge in [0.1, 0.15) is 23.2 Å². The lowest BCUT2D eigenvalue weighted by Crippen LogP contribution is -2.43. The van der Waals surface area contributed by atoms with Gasteiger partial charge in [-0.2, -0.15) is 5.26 Å². The molecule has 0 aliphatic carbocycles. The second-order valence-electron chi connectivity index (χ2n) is 4.87. The fourth-order valence-electron chi connectivity index (χ4n) is 2.32. The van der Waals surface area contributed by atoms with Crippen LogP contribution in [0.2, 0.25) is 0 Å². The summed E-state index contributed by atoms with van der Waals surface area (Å²) in [6.07, 6.45) is 2.42. The van der Waals surface area contributed by atoms with Gasteiger partial charge in [0.2, 0.25) is 0 Å². The number of hydrogen-bond acceptors (Lipinski definition) is 3. The fourth-order valence-corrected chi connectivity index (χ4v) is 2.32. The highest BCUT2D eigenvalue weighted by Crippen LogP contribution is 2.22. The van der Waals surface area contributed by atoms with E-state index in [0.29, 0.717) is 0 Å². The third-order valence-electron chi connectivity index (χ3n) is 3.41. The van der Waals surface area contributed by atoms with Crippen molar-refractivity contribution in [2.45, 2.75) is 32.3 Å². The van der Waals surface area contributed by atoms with Crippen LogP contribution >= 0.6 is 0 Å². The van der Waals surface area contributed by atoms with E-state index in [0.717, 1.165) is 32.4 Å². The summed E-state index contributed by atoms with van der Waals surface area (Å²) < 4.78 is 18.9. The number of ether oxygens (including phenoxy) is 1. The van der Waals surface area contributed by atoms with E-state index in [9.17, 15) is 9.18 Å². The highest BCUT2D eigenvalue weighted by molar-refractivity contribution is 5.81. The van der Waals surface area contributed by atoms with Crippen LogP contribution in [0.4, 0.5) is 4.39 Å². The van der Waals surface area contributed by atoms with Crippen LogP contribution in [-0.4, -0.2) is 30.0 Å². The molecule has 1 heterocycles. The Bertz CT molecular complexity index is 533. The summed E-state index contributed by atoms with van der Waals surface area (Å²) in [4.78, 5) is 14.0. The standard InChI is InChI=1S/C15H17FN2O2/c1-11(15(19)18-8-3-2-4-9-18)20-14-7-5-6-13(16)12(14)10-17/h5-7,11H,2-4,8-9H2,1H3. The number of likely N-dealkylation sites (tertiary alicyclic amines) is 1. The predicted molar refractivity (Wildman–Crippen MR) is 71.6 cm³/mol. The summed E-state index contributed by atoms with van der Waals surface area (Å²) in [5.74, 6) is -0.633. The summed E-state index contributed by atoms with van der Waals surface area (Å²) in [5.41, 5.74) is -0.161. The first-order valence-electron chi connectivity index (χ1n) is 6.77. The molecule has 1 aromatic carbocycles. The molecule has 4 nitrogen and oxygen atoms in total. The van der Waals surface area contributed by atoms with Crippen LogP contribution in [0.15, 0.2) is 18.2 Å². The Morgan fingerprint density at radius 1 is 1.40 bits per heavy atom. The lowest BCUT2D eigenvalue weighted by atomic mass is 10.1. The van der Waals surface area contributed by atoms with Gasteiger partial charge in [-0.25, -0.2) is 4.39 Å². The van der Waals surface area contributed by atoms with Gasteiger partial charge in [-0.1, -0.05) is 6.07 Å². The maximum atomic E-state index is 13.5. The van der Waals surface area contributed by atoms with E-state index in [1.54, 1.807) is 17.9 Å². The van der Waals surface area contributed by atoms with E-state index >= 15 is 0 Å². The summed E-state index contributed by atoms with van der Waals surface area (Å²) in [6, 6.07) is 5.92. The predicted octanol–water partition coefficient (Wildman–Crippen LogP) is 2.48. The molecule has 1 amide bonds. The topological polar surface area (TPSA) is 53.3 Å².